The lowest BCUT2D eigenvalue weighted by molar-refractivity contribution is -0.133. The third-order valence-electron chi connectivity index (χ3n) is 10.8. The van der Waals surface area contributed by atoms with E-state index in [2.05, 4.69) is 36.0 Å². The predicted molar refractivity (Wildman–Crippen MR) is 179 cm³/mol. The molecule has 6 rings (SSSR count). The van der Waals surface area contributed by atoms with Crippen LogP contribution in [-0.2, 0) is 20.7 Å². The number of likely N-dealkylation sites (tertiary alicyclic amines) is 1. The number of carbonyl (C=O) groups excluding carboxylic acids is 3. The van der Waals surface area contributed by atoms with Crippen molar-refractivity contribution in [3.8, 4) is 0 Å². The molecule has 1 N–H and O–H groups in total. The number of nitrogens with zero attached hydrogens (tertiary/aromatic N) is 3. The van der Waals surface area contributed by atoms with Crippen LogP contribution in [0.15, 0.2) is 47.1 Å². The number of hydrogen-bond acceptors (Lipinski definition) is 7. The molecule has 3 aliphatic rings. The third kappa shape index (κ3) is 7.29. The number of ether oxygens (including phenoxy) is 1. The average Bonchev–Trinajstić information content (AvgIpc) is 3.70. The highest BCUT2D eigenvalue weighted by molar-refractivity contribution is 6.12. The molecule has 3 aromatic rings. The maximum atomic E-state index is 15.6. The SMILES string of the molecule is Cc1cc(CC(=O)N2C[C@@H](N3C[C@@H](C)N(C)[C@@H](C)C3)C[C@H]2COC2CCC(C=O)CC2)c(F)cc1NC(=O)c1coc2ccccc12. The Kier molecular flexibility index (Phi) is 10.1. The van der Waals surface area contributed by atoms with Gasteiger partial charge in [-0.1, -0.05) is 24.3 Å². The Morgan fingerprint density at radius 3 is 2.51 bits per heavy atom. The number of benzene rings is 2. The van der Waals surface area contributed by atoms with E-state index in [1.165, 1.54) is 12.3 Å². The van der Waals surface area contributed by atoms with E-state index in [-0.39, 0.29) is 42.3 Å². The highest BCUT2D eigenvalue weighted by Crippen LogP contribution is 2.31. The summed E-state index contributed by atoms with van der Waals surface area (Å²) < 4.78 is 27.4. The van der Waals surface area contributed by atoms with Crippen molar-refractivity contribution in [2.75, 3.05) is 38.6 Å². The number of likely N-dealkylation sites (N-methyl/N-ethyl adjacent to an activating group) is 1. The van der Waals surface area contributed by atoms with Crippen molar-refractivity contribution in [1.29, 1.82) is 0 Å². The zero-order valence-corrected chi connectivity index (χ0v) is 27.9. The highest BCUT2D eigenvalue weighted by atomic mass is 19.1. The van der Waals surface area contributed by atoms with Crippen LogP contribution in [-0.4, -0.2) is 96.4 Å². The van der Waals surface area contributed by atoms with Crippen molar-refractivity contribution in [2.45, 2.75) is 89.6 Å². The van der Waals surface area contributed by atoms with Crippen LogP contribution in [0.2, 0.25) is 0 Å². The zero-order chi connectivity index (χ0) is 33.2. The second-order valence-electron chi connectivity index (χ2n) is 13.9. The third-order valence-corrected chi connectivity index (χ3v) is 10.8. The average molecular weight is 647 g/mol. The summed E-state index contributed by atoms with van der Waals surface area (Å²) in [5, 5.41) is 3.50. The lowest BCUT2D eigenvalue weighted by Crippen LogP contribution is -2.58. The van der Waals surface area contributed by atoms with Crippen LogP contribution in [0.25, 0.3) is 11.0 Å². The number of anilines is 1. The number of halogens is 1. The van der Waals surface area contributed by atoms with Gasteiger partial charge in [0.2, 0.25) is 5.91 Å². The van der Waals surface area contributed by atoms with Gasteiger partial charge >= 0.3 is 0 Å². The Morgan fingerprint density at radius 2 is 1.79 bits per heavy atom. The lowest BCUT2D eigenvalue weighted by atomic mass is 9.88. The van der Waals surface area contributed by atoms with Gasteiger partial charge in [0.15, 0.2) is 0 Å². The number of amides is 2. The first-order chi connectivity index (χ1) is 22.6. The van der Waals surface area contributed by atoms with Gasteiger partial charge in [0.05, 0.1) is 30.7 Å². The first kappa shape index (κ1) is 33.3. The first-order valence-electron chi connectivity index (χ1n) is 17.0. The molecule has 1 saturated carbocycles. The van der Waals surface area contributed by atoms with Crippen LogP contribution in [0, 0.1) is 18.7 Å². The van der Waals surface area contributed by atoms with Crippen LogP contribution < -0.4 is 5.32 Å². The van der Waals surface area contributed by atoms with Crippen LogP contribution in [0.4, 0.5) is 10.1 Å². The van der Waals surface area contributed by atoms with Crippen LogP contribution in [0.5, 0.6) is 0 Å². The van der Waals surface area contributed by atoms with Gasteiger partial charge in [0.1, 0.15) is 23.9 Å². The van der Waals surface area contributed by atoms with Crippen molar-refractivity contribution in [3.05, 3.63) is 65.2 Å². The standard InChI is InChI=1S/C37H47FN4O5/c1-23-13-27(33(38)16-34(23)39-37(45)32-22-47-35-8-6-5-7-31(32)35)14-36(44)42-19-28(41-17-24(2)40(4)25(3)18-41)15-29(42)21-46-30-11-9-26(20-43)10-12-30/h5-8,13,16,20,22,24-26,28-30H,9-12,14-15,17-19,21H2,1-4H3,(H,39,45)/t24-,25+,26?,28-,29-,30?/m0/s1. The van der Waals surface area contributed by atoms with E-state index in [1.54, 1.807) is 25.1 Å². The van der Waals surface area contributed by atoms with Gasteiger partial charge in [-0.3, -0.25) is 19.4 Å². The van der Waals surface area contributed by atoms with Crippen molar-refractivity contribution < 1.29 is 27.9 Å². The number of para-hydroxylation sites is 1. The number of furan rings is 1. The molecule has 3 heterocycles. The molecule has 4 atom stereocenters. The molecule has 10 heteroatoms. The Balaban J connectivity index is 1.14. The first-order valence-corrected chi connectivity index (χ1v) is 17.0. The summed E-state index contributed by atoms with van der Waals surface area (Å²) in [5.41, 5.74) is 2.29. The molecule has 2 saturated heterocycles. The highest BCUT2D eigenvalue weighted by Gasteiger charge is 2.41. The molecular formula is C37H47FN4O5. The number of aldehydes is 1. The molecule has 1 aliphatic carbocycles. The van der Waals surface area contributed by atoms with Crippen molar-refractivity contribution in [3.63, 3.8) is 0 Å². The maximum absolute atomic E-state index is 15.6. The van der Waals surface area contributed by atoms with Gasteiger partial charge in [-0.15, -0.1) is 0 Å². The van der Waals surface area contributed by atoms with Crippen LogP contribution in [0.1, 0.15) is 67.4 Å². The fourth-order valence-electron chi connectivity index (χ4n) is 7.62. The fraction of sp³-hybridized carbons (Fsp3) is 0.541. The molecule has 0 spiro atoms. The van der Waals surface area contributed by atoms with Crippen LogP contribution in [0.3, 0.4) is 0 Å². The summed E-state index contributed by atoms with van der Waals surface area (Å²) in [4.78, 5) is 45.0. The second-order valence-corrected chi connectivity index (χ2v) is 13.9. The van der Waals surface area contributed by atoms with E-state index in [1.807, 2.05) is 17.0 Å². The molecule has 2 aromatic carbocycles. The minimum Gasteiger partial charge on any atom is -0.463 e. The summed E-state index contributed by atoms with van der Waals surface area (Å²) >= 11 is 0. The number of fused-ring (bicyclic) bond motifs is 1. The maximum Gasteiger partial charge on any atom is 0.259 e. The summed E-state index contributed by atoms with van der Waals surface area (Å²) in [7, 11) is 2.17. The van der Waals surface area contributed by atoms with Crippen molar-refractivity contribution in [1.82, 2.24) is 14.7 Å². The largest absolute Gasteiger partial charge is 0.463 e. The topological polar surface area (TPSA) is 95.3 Å². The monoisotopic (exact) mass is 646 g/mol. The van der Waals surface area contributed by atoms with Gasteiger partial charge < -0.3 is 24.2 Å². The molecule has 0 radical (unpaired) electrons. The Hall–Kier alpha value is -3.60. The van der Waals surface area contributed by atoms with Crippen molar-refractivity contribution in [2.24, 2.45) is 5.92 Å². The van der Waals surface area contributed by atoms with E-state index in [4.69, 9.17) is 9.15 Å². The quantitative estimate of drug-likeness (QED) is 0.309. The lowest BCUT2D eigenvalue weighted by Gasteiger charge is -2.44. The predicted octanol–water partition coefficient (Wildman–Crippen LogP) is 5.44. The zero-order valence-electron chi connectivity index (χ0n) is 27.9. The number of piperazine rings is 1. The molecule has 2 aliphatic heterocycles. The summed E-state index contributed by atoms with van der Waals surface area (Å²) in [5.74, 6) is -0.928. The van der Waals surface area contributed by atoms with E-state index >= 15 is 4.39 Å². The Labute approximate surface area is 276 Å². The minimum absolute atomic E-state index is 0.0729. The van der Waals surface area contributed by atoms with E-state index in [0.29, 0.717) is 58.6 Å². The fourth-order valence-corrected chi connectivity index (χ4v) is 7.62. The molecule has 252 valence electrons. The molecule has 47 heavy (non-hydrogen) atoms. The number of carbonyl (C=O) groups is 3. The summed E-state index contributed by atoms with van der Waals surface area (Å²) in [6, 6.07) is 11.1. The molecule has 0 bridgehead atoms. The smallest absolute Gasteiger partial charge is 0.259 e. The number of aryl methyl sites for hydroxylation is 1. The molecule has 9 nitrogen and oxygen atoms in total. The van der Waals surface area contributed by atoms with Gasteiger partial charge in [0, 0.05) is 54.8 Å². The second kappa shape index (κ2) is 14.3. The summed E-state index contributed by atoms with van der Waals surface area (Å²) in [6.45, 7) is 9.18. The molecule has 3 fully saturated rings. The Morgan fingerprint density at radius 1 is 1.06 bits per heavy atom. The molecule has 0 unspecified atom stereocenters. The van der Waals surface area contributed by atoms with Gasteiger partial charge in [-0.2, -0.15) is 0 Å². The van der Waals surface area contributed by atoms with E-state index in [0.717, 1.165) is 51.5 Å². The van der Waals surface area contributed by atoms with Crippen molar-refractivity contribution >= 4 is 34.8 Å². The molecular weight excluding hydrogens is 599 g/mol. The normalized spacial score (nSPS) is 27.3. The summed E-state index contributed by atoms with van der Waals surface area (Å²) in [6.07, 6.45) is 6.68. The molecule has 1 aromatic heterocycles. The van der Waals surface area contributed by atoms with Gasteiger partial charge in [-0.25, -0.2) is 4.39 Å². The van der Waals surface area contributed by atoms with Crippen LogP contribution >= 0.6 is 0 Å². The number of nitrogens with one attached hydrogen (secondary N) is 1. The minimum atomic E-state index is -0.534. The van der Waals surface area contributed by atoms with E-state index < -0.39 is 5.82 Å². The van der Waals surface area contributed by atoms with Gasteiger partial charge in [0.25, 0.3) is 5.91 Å². The number of hydrogen-bond donors (Lipinski definition) is 1. The molecule has 2 amide bonds. The van der Waals surface area contributed by atoms with Gasteiger partial charge in [-0.05, 0) is 83.2 Å². The van der Waals surface area contributed by atoms with E-state index in [9.17, 15) is 14.4 Å². The number of rotatable bonds is 9. The Bertz CT molecular complexity index is 1590.